The lowest BCUT2D eigenvalue weighted by Gasteiger charge is -2.05. The van der Waals surface area contributed by atoms with Crippen molar-refractivity contribution in [3.63, 3.8) is 0 Å². The molecule has 29 heavy (non-hydrogen) atoms. The van der Waals surface area contributed by atoms with E-state index >= 15 is 0 Å². The number of rotatable bonds is 7. The Kier molecular flexibility index (Phi) is 7.36. The molecule has 0 fully saturated rings. The molecule has 0 radical (unpaired) electrons. The molecule has 1 aromatic carbocycles. The lowest BCUT2D eigenvalue weighted by atomic mass is 10.1. The van der Waals surface area contributed by atoms with Gasteiger partial charge >= 0.3 is 5.97 Å². The predicted molar refractivity (Wildman–Crippen MR) is 113 cm³/mol. The highest BCUT2D eigenvalue weighted by Crippen LogP contribution is 2.25. The van der Waals surface area contributed by atoms with Gasteiger partial charge in [-0.05, 0) is 58.0 Å². The van der Waals surface area contributed by atoms with Crippen LogP contribution in [-0.2, 0) is 16.1 Å². The highest BCUT2D eigenvalue weighted by atomic mass is 16.5. The molecule has 0 aliphatic heterocycles. The van der Waals surface area contributed by atoms with Crippen molar-refractivity contribution in [1.82, 2.24) is 9.88 Å². The summed E-state index contributed by atoms with van der Waals surface area (Å²) < 4.78 is 7.20. The largest absolute Gasteiger partial charge is 0.462 e. The van der Waals surface area contributed by atoms with Crippen LogP contribution in [0, 0.1) is 13.8 Å². The summed E-state index contributed by atoms with van der Waals surface area (Å²) in [6, 6.07) is 6.57. The van der Waals surface area contributed by atoms with Crippen molar-refractivity contribution < 1.29 is 19.1 Å². The van der Waals surface area contributed by atoms with Crippen molar-refractivity contribution in [3.05, 3.63) is 58.4 Å². The summed E-state index contributed by atoms with van der Waals surface area (Å²) >= 11 is 0. The van der Waals surface area contributed by atoms with Gasteiger partial charge in [0.25, 0.3) is 5.91 Å². The van der Waals surface area contributed by atoms with E-state index < -0.39 is 5.97 Å². The number of ether oxygens (including phenoxy) is 1. The molecule has 0 unspecified atom stereocenters. The van der Waals surface area contributed by atoms with Crippen molar-refractivity contribution in [2.24, 2.45) is 0 Å². The van der Waals surface area contributed by atoms with Crippen LogP contribution < -0.4 is 10.6 Å². The van der Waals surface area contributed by atoms with E-state index in [1.165, 1.54) is 6.08 Å². The zero-order valence-corrected chi connectivity index (χ0v) is 17.5. The summed E-state index contributed by atoms with van der Waals surface area (Å²) in [5.74, 6) is -0.931. The van der Waals surface area contributed by atoms with E-state index in [4.69, 9.17) is 4.74 Å². The summed E-state index contributed by atoms with van der Waals surface area (Å²) in [5, 5.41) is 5.29. The van der Waals surface area contributed by atoms with Gasteiger partial charge in [-0.1, -0.05) is 0 Å². The second-order valence-corrected chi connectivity index (χ2v) is 6.40. The second kappa shape index (κ2) is 9.73. The van der Waals surface area contributed by atoms with Gasteiger partial charge in [-0.2, -0.15) is 0 Å². The van der Waals surface area contributed by atoms with Gasteiger partial charge in [0.05, 0.1) is 12.2 Å². The van der Waals surface area contributed by atoms with Crippen LogP contribution in [0.25, 0.3) is 6.08 Å². The lowest BCUT2D eigenvalue weighted by Crippen LogP contribution is -2.17. The minimum absolute atomic E-state index is 0.194. The number of aromatic nitrogens is 1. The highest BCUT2D eigenvalue weighted by Gasteiger charge is 2.22. The van der Waals surface area contributed by atoms with E-state index in [0.29, 0.717) is 28.9 Å². The number of hydrogen-bond donors (Lipinski definition) is 2. The Bertz CT molecular complexity index is 940. The molecule has 1 aromatic heterocycles. The molecule has 0 aliphatic rings. The van der Waals surface area contributed by atoms with Gasteiger partial charge < -0.3 is 19.9 Å². The van der Waals surface area contributed by atoms with Crippen molar-refractivity contribution in [2.75, 3.05) is 19.0 Å². The van der Waals surface area contributed by atoms with Crippen molar-refractivity contribution in [2.45, 2.75) is 34.2 Å². The van der Waals surface area contributed by atoms with Gasteiger partial charge in [-0.25, -0.2) is 4.79 Å². The Hall–Kier alpha value is -3.35. The minimum atomic E-state index is -0.398. The third kappa shape index (κ3) is 4.93. The number of nitrogens with zero attached hydrogens (tertiary/aromatic N) is 1. The number of esters is 1. The Morgan fingerprint density at radius 3 is 2.28 bits per heavy atom. The SMILES string of the molecule is CCOC(=O)c1c(/C=C/C(=O)Nc2ccc(C(=O)NC)cc2)c(C)n(CC)c1C. The summed E-state index contributed by atoms with van der Waals surface area (Å²) in [6.45, 7) is 8.53. The summed E-state index contributed by atoms with van der Waals surface area (Å²) in [7, 11) is 1.56. The molecule has 2 rings (SSSR count). The van der Waals surface area contributed by atoms with Crippen molar-refractivity contribution >= 4 is 29.5 Å². The Labute approximate surface area is 170 Å². The molecule has 7 heteroatoms. The average molecular weight is 397 g/mol. The molecular formula is C22H27N3O4. The third-order valence-corrected chi connectivity index (χ3v) is 4.67. The summed E-state index contributed by atoms with van der Waals surface area (Å²) in [6.07, 6.45) is 3.02. The smallest absolute Gasteiger partial charge is 0.340 e. The lowest BCUT2D eigenvalue weighted by molar-refractivity contribution is -0.111. The van der Waals surface area contributed by atoms with Gasteiger partial charge in [-0.3, -0.25) is 9.59 Å². The number of hydrogen-bond acceptors (Lipinski definition) is 4. The van der Waals surface area contributed by atoms with Gasteiger partial charge in [0.2, 0.25) is 5.91 Å². The number of benzene rings is 1. The number of carbonyl (C=O) groups is 3. The normalized spacial score (nSPS) is 10.8. The first kappa shape index (κ1) is 21.9. The Morgan fingerprint density at radius 1 is 1.07 bits per heavy atom. The van der Waals surface area contributed by atoms with Crippen LogP contribution in [-0.4, -0.2) is 36.0 Å². The molecule has 0 bridgehead atoms. The Morgan fingerprint density at radius 2 is 1.72 bits per heavy atom. The maximum atomic E-state index is 12.4. The molecule has 0 atom stereocenters. The van der Waals surface area contributed by atoms with E-state index in [2.05, 4.69) is 10.6 Å². The van der Waals surface area contributed by atoms with Crippen LogP contribution in [0.15, 0.2) is 30.3 Å². The molecule has 2 amide bonds. The molecule has 7 nitrogen and oxygen atoms in total. The van der Waals surface area contributed by atoms with Crippen molar-refractivity contribution in [1.29, 1.82) is 0 Å². The molecule has 0 spiro atoms. The number of anilines is 1. The van der Waals surface area contributed by atoms with Crippen LogP contribution in [0.5, 0.6) is 0 Å². The van der Waals surface area contributed by atoms with E-state index in [1.54, 1.807) is 44.3 Å². The van der Waals surface area contributed by atoms with E-state index in [1.807, 2.05) is 25.3 Å². The minimum Gasteiger partial charge on any atom is -0.462 e. The monoisotopic (exact) mass is 397 g/mol. The van der Waals surface area contributed by atoms with Crippen LogP contribution in [0.4, 0.5) is 5.69 Å². The van der Waals surface area contributed by atoms with Gasteiger partial charge in [0.1, 0.15) is 0 Å². The molecule has 154 valence electrons. The van der Waals surface area contributed by atoms with Crippen LogP contribution >= 0.6 is 0 Å². The Balaban J connectivity index is 2.23. The fourth-order valence-corrected chi connectivity index (χ4v) is 3.24. The zero-order valence-electron chi connectivity index (χ0n) is 17.5. The van der Waals surface area contributed by atoms with E-state index in [-0.39, 0.29) is 18.4 Å². The number of nitrogens with one attached hydrogen (secondary N) is 2. The third-order valence-electron chi connectivity index (χ3n) is 4.67. The molecule has 0 aliphatic carbocycles. The van der Waals surface area contributed by atoms with Gasteiger partial charge in [0.15, 0.2) is 0 Å². The molecule has 0 saturated carbocycles. The fraction of sp³-hybridized carbons (Fsp3) is 0.318. The van der Waals surface area contributed by atoms with Gasteiger partial charge in [-0.15, -0.1) is 0 Å². The van der Waals surface area contributed by atoms with Crippen LogP contribution in [0.1, 0.15) is 51.5 Å². The number of carbonyl (C=O) groups excluding carboxylic acids is 3. The molecule has 0 saturated heterocycles. The zero-order chi connectivity index (χ0) is 21.6. The summed E-state index contributed by atoms with van der Waals surface area (Å²) in [4.78, 5) is 36.3. The number of amides is 2. The van der Waals surface area contributed by atoms with E-state index in [9.17, 15) is 14.4 Å². The molecule has 2 N–H and O–H groups in total. The fourth-order valence-electron chi connectivity index (χ4n) is 3.24. The molecular weight excluding hydrogens is 370 g/mol. The topological polar surface area (TPSA) is 89.4 Å². The predicted octanol–water partition coefficient (Wildman–Crippen LogP) is 3.31. The standard InChI is InChI=1S/C22H27N3O4/c1-6-25-14(3)18(20(15(25)4)22(28)29-7-2)12-13-19(26)24-17-10-8-16(9-11-17)21(27)23-5/h8-13H,6-7H2,1-5H3,(H,23,27)(H,24,26)/b13-12+. The quantitative estimate of drug-likeness (QED) is 0.554. The van der Waals surface area contributed by atoms with Crippen LogP contribution in [0.2, 0.25) is 0 Å². The highest BCUT2D eigenvalue weighted by molar-refractivity contribution is 6.04. The van der Waals surface area contributed by atoms with Crippen molar-refractivity contribution in [3.8, 4) is 0 Å². The van der Waals surface area contributed by atoms with E-state index in [0.717, 1.165) is 11.4 Å². The molecule has 1 heterocycles. The first-order valence-electron chi connectivity index (χ1n) is 9.51. The van der Waals surface area contributed by atoms with Gasteiger partial charge in [0, 0.05) is 47.9 Å². The first-order chi connectivity index (χ1) is 13.8. The van der Waals surface area contributed by atoms with Crippen LogP contribution in [0.3, 0.4) is 0 Å². The maximum absolute atomic E-state index is 12.4. The second-order valence-electron chi connectivity index (χ2n) is 6.40. The first-order valence-corrected chi connectivity index (χ1v) is 9.51. The average Bonchev–Trinajstić information content (AvgIpc) is 2.95. The molecule has 2 aromatic rings. The summed E-state index contributed by atoms with van der Waals surface area (Å²) in [5.41, 5.74) is 3.93. The maximum Gasteiger partial charge on any atom is 0.340 e.